The van der Waals surface area contributed by atoms with E-state index in [2.05, 4.69) is 31.1 Å². The molecule has 11 heteroatoms. The maximum atomic E-state index is 13.0. The van der Waals surface area contributed by atoms with E-state index in [-0.39, 0.29) is 24.0 Å². The van der Waals surface area contributed by atoms with Crippen molar-refractivity contribution in [1.29, 1.82) is 0 Å². The summed E-state index contributed by atoms with van der Waals surface area (Å²) in [5.41, 5.74) is 2.78. The van der Waals surface area contributed by atoms with Crippen LogP contribution in [-0.4, -0.2) is 52.8 Å². The fourth-order valence-electron chi connectivity index (χ4n) is 3.68. The average molecular weight is 537 g/mol. The minimum Gasteiger partial charge on any atom is -0.394 e. The van der Waals surface area contributed by atoms with Gasteiger partial charge in [0.1, 0.15) is 5.69 Å². The Hall–Kier alpha value is -2.47. The van der Waals surface area contributed by atoms with Crippen LogP contribution in [0.1, 0.15) is 41.2 Å². The van der Waals surface area contributed by atoms with Crippen molar-refractivity contribution in [3.05, 3.63) is 52.1 Å². The van der Waals surface area contributed by atoms with Crippen molar-refractivity contribution in [3.8, 4) is 0 Å². The number of aryl methyl sites for hydroxylation is 1. The number of nitrogens with zero attached hydrogens (tertiary/aromatic N) is 2. The van der Waals surface area contributed by atoms with Crippen LogP contribution in [0.15, 0.2) is 40.9 Å². The number of rotatable bonds is 9. The zero-order chi connectivity index (χ0) is 23.8. The van der Waals surface area contributed by atoms with Gasteiger partial charge >= 0.3 is 0 Å². The summed E-state index contributed by atoms with van der Waals surface area (Å²) in [6.45, 7) is -0.492. The smallest absolute Gasteiger partial charge is 0.274 e. The Morgan fingerprint density at radius 2 is 1.97 bits per heavy atom. The molecule has 4 rings (SSSR count). The number of fused-ring (bicyclic) bond motifs is 1. The second-order valence-electron chi connectivity index (χ2n) is 8.21. The van der Waals surface area contributed by atoms with Crippen LogP contribution in [0.25, 0.3) is 10.9 Å². The van der Waals surface area contributed by atoms with E-state index in [9.17, 15) is 18.3 Å². The van der Waals surface area contributed by atoms with Crippen LogP contribution in [0.5, 0.6) is 0 Å². The van der Waals surface area contributed by atoms with Crippen LogP contribution >= 0.6 is 15.9 Å². The third-order valence-corrected chi connectivity index (χ3v) is 7.37. The molecule has 1 saturated carbocycles. The number of carbonyl (C=O) groups excluding carboxylic acids is 1. The number of anilines is 2. The second-order valence-corrected chi connectivity index (χ2v) is 11.0. The molecule has 1 aliphatic rings. The molecule has 0 aliphatic heterocycles. The lowest BCUT2D eigenvalue weighted by molar-refractivity contribution is 0.0929. The molecule has 9 nitrogen and oxygen atoms in total. The molecule has 1 aliphatic carbocycles. The fraction of sp³-hybridized carbons (Fsp3) is 0.364. The van der Waals surface area contributed by atoms with Crippen molar-refractivity contribution < 1.29 is 23.4 Å². The Morgan fingerprint density at radius 3 is 2.61 bits per heavy atom. The van der Waals surface area contributed by atoms with Gasteiger partial charge in [-0.15, -0.1) is 0 Å². The van der Waals surface area contributed by atoms with Crippen molar-refractivity contribution in [2.24, 2.45) is 7.05 Å². The van der Waals surface area contributed by atoms with Crippen LogP contribution in [0.4, 0.5) is 11.4 Å². The molecule has 0 bridgehead atoms. The highest BCUT2D eigenvalue weighted by Crippen LogP contribution is 2.45. The molecule has 1 atom stereocenters. The van der Waals surface area contributed by atoms with E-state index in [1.54, 1.807) is 25.2 Å². The summed E-state index contributed by atoms with van der Waals surface area (Å²) < 4.78 is 30.1. The molecule has 176 valence electrons. The number of sulfonamides is 1. The zero-order valence-electron chi connectivity index (χ0n) is 18.0. The van der Waals surface area contributed by atoms with Gasteiger partial charge in [-0.05, 0) is 67.1 Å². The quantitative estimate of drug-likeness (QED) is 0.332. The number of carbonyl (C=O) groups is 1. The summed E-state index contributed by atoms with van der Waals surface area (Å²) in [6, 6.07) is 10.7. The molecule has 0 radical (unpaired) electrons. The maximum Gasteiger partial charge on any atom is 0.274 e. The van der Waals surface area contributed by atoms with Gasteiger partial charge in [0.15, 0.2) is 0 Å². The van der Waals surface area contributed by atoms with E-state index in [4.69, 9.17) is 5.11 Å². The normalized spacial score (nSPS) is 14.9. The minimum atomic E-state index is -3.74. The molecule has 1 unspecified atom stereocenters. The summed E-state index contributed by atoms with van der Waals surface area (Å²) in [5.74, 6) is -0.423. The molecule has 1 fully saturated rings. The van der Waals surface area contributed by atoms with Crippen LogP contribution < -0.4 is 10.0 Å². The molecule has 1 heterocycles. The number of aliphatic hydroxyl groups is 2. The summed E-state index contributed by atoms with van der Waals surface area (Å²) >= 11 is 3.37. The number of halogens is 1. The first kappa shape index (κ1) is 23.7. The number of nitrogens with one attached hydrogen (secondary N) is 2. The Kier molecular flexibility index (Phi) is 6.76. The van der Waals surface area contributed by atoms with E-state index in [0.717, 1.165) is 22.9 Å². The van der Waals surface area contributed by atoms with Crippen LogP contribution in [0.2, 0.25) is 0 Å². The second kappa shape index (κ2) is 9.41. The lowest BCUT2D eigenvalue weighted by Gasteiger charge is -2.14. The first-order valence-electron chi connectivity index (χ1n) is 10.5. The summed E-state index contributed by atoms with van der Waals surface area (Å²) in [5, 5.41) is 26.4. The van der Waals surface area contributed by atoms with Crippen molar-refractivity contribution in [2.45, 2.75) is 31.3 Å². The van der Waals surface area contributed by atoms with E-state index in [0.29, 0.717) is 28.0 Å². The molecule has 1 amide bonds. The number of aliphatic hydroxyl groups excluding tert-OH is 2. The van der Waals surface area contributed by atoms with Crippen LogP contribution in [0, 0.1) is 0 Å². The number of hydrogen-bond donors (Lipinski definition) is 4. The lowest BCUT2D eigenvalue weighted by atomic mass is 10.0. The lowest BCUT2D eigenvalue weighted by Crippen LogP contribution is -2.23. The van der Waals surface area contributed by atoms with Gasteiger partial charge in [0.25, 0.3) is 5.91 Å². The van der Waals surface area contributed by atoms with Crippen LogP contribution in [0.3, 0.4) is 0 Å². The highest BCUT2D eigenvalue weighted by atomic mass is 79.9. The largest absolute Gasteiger partial charge is 0.394 e. The number of aromatic nitrogens is 2. The highest BCUT2D eigenvalue weighted by molar-refractivity contribution is 9.10. The predicted octanol–water partition coefficient (Wildman–Crippen LogP) is 2.95. The molecule has 2 aromatic carbocycles. The Morgan fingerprint density at radius 1 is 1.27 bits per heavy atom. The maximum absolute atomic E-state index is 13.0. The SMILES string of the molecule is Cn1nc2cc(NS(=O)(=O)CCC(O)CO)c(C3CC3)cc2c1C(=O)Nc1ccc(Br)cc1. The minimum absolute atomic E-state index is 0.0726. The average Bonchev–Trinajstić information content (AvgIpc) is 3.55. The summed E-state index contributed by atoms with van der Waals surface area (Å²) in [7, 11) is -2.07. The van der Waals surface area contributed by atoms with E-state index in [1.807, 2.05) is 18.2 Å². The molecular weight excluding hydrogens is 512 g/mol. The molecule has 3 aromatic rings. The Labute approximate surface area is 200 Å². The van der Waals surface area contributed by atoms with E-state index >= 15 is 0 Å². The topological polar surface area (TPSA) is 134 Å². The van der Waals surface area contributed by atoms with Gasteiger partial charge < -0.3 is 15.5 Å². The molecule has 0 saturated heterocycles. The summed E-state index contributed by atoms with van der Waals surface area (Å²) in [6.07, 6.45) is 0.708. The summed E-state index contributed by atoms with van der Waals surface area (Å²) in [4.78, 5) is 13.0. The first-order valence-corrected chi connectivity index (χ1v) is 13.0. The number of amides is 1. The third kappa shape index (κ3) is 5.55. The standard InChI is InChI=1S/C22H25BrN4O5S/c1-27-21(22(30)24-15-6-4-14(23)5-7-15)18-10-17(13-2-3-13)20(11-19(18)25-27)26-33(31,32)9-8-16(29)12-28/h4-7,10-11,13,16,26,28-29H,2-3,8-9,12H2,1H3,(H,24,30). The van der Waals surface area contributed by atoms with Crippen molar-refractivity contribution >= 4 is 54.1 Å². The molecule has 33 heavy (non-hydrogen) atoms. The van der Waals surface area contributed by atoms with Crippen molar-refractivity contribution in [3.63, 3.8) is 0 Å². The van der Waals surface area contributed by atoms with Gasteiger partial charge in [0, 0.05) is 22.6 Å². The molecular formula is C22H25BrN4O5S. The molecule has 1 aromatic heterocycles. The van der Waals surface area contributed by atoms with E-state index < -0.39 is 22.7 Å². The van der Waals surface area contributed by atoms with Gasteiger partial charge in [-0.25, -0.2) is 8.42 Å². The van der Waals surface area contributed by atoms with Crippen molar-refractivity contribution in [2.75, 3.05) is 22.4 Å². The Bertz CT molecular complexity index is 1290. The molecule has 4 N–H and O–H groups in total. The van der Waals surface area contributed by atoms with Gasteiger partial charge in [0.05, 0.1) is 29.7 Å². The van der Waals surface area contributed by atoms with Gasteiger partial charge in [-0.3, -0.25) is 14.2 Å². The Balaban J connectivity index is 1.65. The predicted molar refractivity (Wildman–Crippen MR) is 130 cm³/mol. The van der Waals surface area contributed by atoms with Gasteiger partial charge in [-0.2, -0.15) is 5.10 Å². The van der Waals surface area contributed by atoms with Crippen molar-refractivity contribution in [1.82, 2.24) is 9.78 Å². The van der Waals surface area contributed by atoms with Crippen LogP contribution in [-0.2, 0) is 17.1 Å². The number of benzene rings is 2. The molecule has 0 spiro atoms. The monoisotopic (exact) mass is 536 g/mol. The fourth-order valence-corrected chi connectivity index (χ4v) is 5.14. The zero-order valence-corrected chi connectivity index (χ0v) is 20.4. The van der Waals surface area contributed by atoms with Gasteiger partial charge in [-0.1, -0.05) is 15.9 Å². The third-order valence-electron chi connectivity index (χ3n) is 5.53. The van der Waals surface area contributed by atoms with E-state index in [1.165, 1.54) is 4.68 Å². The highest BCUT2D eigenvalue weighted by Gasteiger charge is 2.30. The van der Waals surface area contributed by atoms with Gasteiger partial charge in [0.2, 0.25) is 10.0 Å². The number of hydrogen-bond acceptors (Lipinski definition) is 6. The first-order chi connectivity index (χ1) is 15.7.